The molecule has 7 heteroatoms. The molecule has 0 atom stereocenters. The zero-order valence-corrected chi connectivity index (χ0v) is 16.7. The Hall–Kier alpha value is -3.35. The summed E-state index contributed by atoms with van der Waals surface area (Å²) in [6, 6.07) is 14.3. The molecule has 0 aromatic heterocycles. The second-order valence-electron chi connectivity index (χ2n) is 6.88. The lowest BCUT2D eigenvalue weighted by Gasteiger charge is -2.36. The first-order valence-electron chi connectivity index (χ1n) is 9.54. The van der Waals surface area contributed by atoms with Crippen molar-refractivity contribution in [3.8, 4) is 5.75 Å². The van der Waals surface area contributed by atoms with Gasteiger partial charge in [0.2, 0.25) is 5.91 Å². The third-order valence-electron chi connectivity index (χ3n) is 5.02. The SMILES string of the molecule is COc1ccc(C(=O)NCC(=O)N2CCN(c3ccc(C(C)=O)cc3)CC2)cc1. The van der Waals surface area contributed by atoms with Gasteiger partial charge in [0, 0.05) is 43.0 Å². The van der Waals surface area contributed by atoms with Gasteiger partial charge < -0.3 is 19.9 Å². The standard InChI is InChI=1S/C22H25N3O4/c1-16(26)17-3-7-19(8-4-17)24-11-13-25(14-12-24)21(27)15-23-22(28)18-5-9-20(29-2)10-6-18/h3-10H,11-15H2,1-2H3,(H,23,28). The molecule has 152 valence electrons. The van der Waals surface area contributed by atoms with Gasteiger partial charge >= 0.3 is 0 Å². The molecule has 1 heterocycles. The number of rotatable bonds is 6. The van der Waals surface area contributed by atoms with E-state index in [2.05, 4.69) is 10.2 Å². The van der Waals surface area contributed by atoms with Crippen LogP contribution >= 0.6 is 0 Å². The minimum Gasteiger partial charge on any atom is -0.497 e. The van der Waals surface area contributed by atoms with Crippen molar-refractivity contribution in [3.63, 3.8) is 0 Å². The first kappa shape index (κ1) is 20.4. The average molecular weight is 395 g/mol. The summed E-state index contributed by atoms with van der Waals surface area (Å²) in [7, 11) is 1.56. The lowest BCUT2D eigenvalue weighted by Crippen LogP contribution is -2.51. The smallest absolute Gasteiger partial charge is 0.251 e. The average Bonchev–Trinajstić information content (AvgIpc) is 2.77. The number of ketones is 1. The number of ether oxygens (including phenoxy) is 1. The Balaban J connectivity index is 1.46. The molecule has 0 spiro atoms. The third kappa shape index (κ3) is 5.13. The number of benzene rings is 2. The molecule has 2 aromatic carbocycles. The van der Waals surface area contributed by atoms with Crippen LogP contribution in [0.5, 0.6) is 5.75 Å². The molecule has 1 fully saturated rings. The number of piperazine rings is 1. The number of hydrogen-bond donors (Lipinski definition) is 1. The van der Waals surface area contributed by atoms with E-state index in [0.29, 0.717) is 43.1 Å². The van der Waals surface area contributed by atoms with Crippen LogP contribution in [0.15, 0.2) is 48.5 Å². The first-order valence-corrected chi connectivity index (χ1v) is 9.54. The van der Waals surface area contributed by atoms with Crippen LogP contribution in [-0.2, 0) is 4.79 Å². The summed E-state index contributed by atoms with van der Waals surface area (Å²) < 4.78 is 5.07. The Morgan fingerprint density at radius 2 is 1.48 bits per heavy atom. The van der Waals surface area contributed by atoms with Crippen molar-refractivity contribution in [2.24, 2.45) is 0 Å². The second-order valence-corrected chi connectivity index (χ2v) is 6.88. The van der Waals surface area contributed by atoms with Gasteiger partial charge in [-0.2, -0.15) is 0 Å². The van der Waals surface area contributed by atoms with Gasteiger partial charge in [0.1, 0.15) is 5.75 Å². The summed E-state index contributed by atoms with van der Waals surface area (Å²) in [5, 5.41) is 2.68. The van der Waals surface area contributed by atoms with Gasteiger partial charge in [0.05, 0.1) is 13.7 Å². The van der Waals surface area contributed by atoms with Crippen molar-refractivity contribution >= 4 is 23.3 Å². The van der Waals surface area contributed by atoms with Gasteiger partial charge in [-0.3, -0.25) is 14.4 Å². The maximum Gasteiger partial charge on any atom is 0.251 e. The number of anilines is 1. The van der Waals surface area contributed by atoms with E-state index in [1.807, 2.05) is 24.3 Å². The fraction of sp³-hybridized carbons (Fsp3) is 0.318. The van der Waals surface area contributed by atoms with Crippen LogP contribution in [-0.4, -0.2) is 62.3 Å². The van der Waals surface area contributed by atoms with Crippen molar-refractivity contribution < 1.29 is 19.1 Å². The van der Waals surface area contributed by atoms with E-state index in [1.165, 1.54) is 0 Å². The molecule has 1 aliphatic heterocycles. The van der Waals surface area contributed by atoms with Gasteiger partial charge in [-0.05, 0) is 55.5 Å². The molecule has 1 saturated heterocycles. The van der Waals surface area contributed by atoms with Crippen LogP contribution in [0.25, 0.3) is 0 Å². The maximum absolute atomic E-state index is 12.4. The van der Waals surface area contributed by atoms with Gasteiger partial charge in [-0.1, -0.05) is 0 Å². The Morgan fingerprint density at radius 1 is 0.897 bits per heavy atom. The molecule has 0 saturated carbocycles. The van der Waals surface area contributed by atoms with E-state index in [-0.39, 0.29) is 24.1 Å². The highest BCUT2D eigenvalue weighted by atomic mass is 16.5. The van der Waals surface area contributed by atoms with Crippen LogP contribution in [0.2, 0.25) is 0 Å². The molecule has 0 aliphatic carbocycles. The van der Waals surface area contributed by atoms with Gasteiger partial charge in [0.25, 0.3) is 5.91 Å². The minimum atomic E-state index is -0.287. The summed E-state index contributed by atoms with van der Waals surface area (Å²) in [6.07, 6.45) is 0. The van der Waals surface area contributed by atoms with Crippen LogP contribution in [0.1, 0.15) is 27.6 Å². The highest BCUT2D eigenvalue weighted by molar-refractivity contribution is 5.96. The van der Waals surface area contributed by atoms with Gasteiger partial charge in [-0.15, -0.1) is 0 Å². The van der Waals surface area contributed by atoms with Crippen molar-refractivity contribution in [1.29, 1.82) is 0 Å². The number of carbonyl (C=O) groups is 3. The zero-order valence-electron chi connectivity index (χ0n) is 16.7. The van der Waals surface area contributed by atoms with E-state index < -0.39 is 0 Å². The van der Waals surface area contributed by atoms with Gasteiger partial charge in [0.15, 0.2) is 5.78 Å². The molecule has 0 bridgehead atoms. The predicted molar refractivity (Wildman–Crippen MR) is 111 cm³/mol. The molecule has 7 nitrogen and oxygen atoms in total. The van der Waals surface area contributed by atoms with Crippen LogP contribution in [0.4, 0.5) is 5.69 Å². The zero-order chi connectivity index (χ0) is 20.8. The number of Topliss-reactive ketones (excluding diaryl/α,β-unsaturated/α-hetero) is 1. The predicted octanol–water partition coefficient (Wildman–Crippen LogP) is 1.98. The fourth-order valence-electron chi connectivity index (χ4n) is 3.23. The van der Waals surface area contributed by atoms with Crippen molar-refractivity contribution in [2.75, 3.05) is 44.7 Å². The Kier molecular flexibility index (Phi) is 6.49. The Morgan fingerprint density at radius 3 is 2.03 bits per heavy atom. The number of nitrogens with one attached hydrogen (secondary N) is 1. The van der Waals surface area contributed by atoms with Crippen LogP contribution in [0.3, 0.4) is 0 Å². The molecule has 29 heavy (non-hydrogen) atoms. The summed E-state index contributed by atoms with van der Waals surface area (Å²) in [6.45, 7) is 4.11. The molecule has 1 N–H and O–H groups in total. The van der Waals surface area contributed by atoms with Crippen LogP contribution < -0.4 is 15.0 Å². The summed E-state index contributed by atoms with van der Waals surface area (Å²) in [5.41, 5.74) is 2.21. The Labute approximate surface area is 170 Å². The first-order chi connectivity index (χ1) is 14.0. The third-order valence-corrected chi connectivity index (χ3v) is 5.02. The number of nitrogens with zero attached hydrogens (tertiary/aromatic N) is 2. The molecular formula is C22H25N3O4. The lowest BCUT2D eigenvalue weighted by molar-refractivity contribution is -0.130. The topological polar surface area (TPSA) is 79.0 Å². The van der Waals surface area contributed by atoms with E-state index >= 15 is 0 Å². The molecule has 0 unspecified atom stereocenters. The second kappa shape index (κ2) is 9.23. The molecule has 2 aromatic rings. The number of methoxy groups -OCH3 is 1. The van der Waals surface area contributed by atoms with E-state index in [4.69, 9.17) is 4.74 Å². The van der Waals surface area contributed by atoms with Crippen molar-refractivity contribution in [2.45, 2.75) is 6.92 Å². The highest BCUT2D eigenvalue weighted by Gasteiger charge is 2.21. The number of carbonyl (C=O) groups excluding carboxylic acids is 3. The van der Waals surface area contributed by atoms with Crippen LogP contribution in [0, 0.1) is 0 Å². The normalized spacial score (nSPS) is 13.7. The molecular weight excluding hydrogens is 370 g/mol. The Bertz CT molecular complexity index is 870. The molecule has 3 rings (SSSR count). The van der Waals surface area contributed by atoms with E-state index in [9.17, 15) is 14.4 Å². The summed E-state index contributed by atoms with van der Waals surface area (Å²) >= 11 is 0. The fourth-order valence-corrected chi connectivity index (χ4v) is 3.23. The minimum absolute atomic E-state index is 0.0296. The number of amides is 2. The van der Waals surface area contributed by atoms with Crippen molar-refractivity contribution in [3.05, 3.63) is 59.7 Å². The molecule has 0 radical (unpaired) electrons. The van der Waals surface area contributed by atoms with E-state index in [1.54, 1.807) is 43.2 Å². The quantitative estimate of drug-likeness (QED) is 0.757. The largest absolute Gasteiger partial charge is 0.497 e. The highest BCUT2D eigenvalue weighted by Crippen LogP contribution is 2.18. The summed E-state index contributed by atoms with van der Waals surface area (Å²) in [4.78, 5) is 40.0. The molecule has 2 amide bonds. The maximum atomic E-state index is 12.4. The van der Waals surface area contributed by atoms with Crippen molar-refractivity contribution in [1.82, 2.24) is 10.2 Å². The number of hydrogen-bond acceptors (Lipinski definition) is 5. The lowest BCUT2D eigenvalue weighted by atomic mass is 10.1. The molecule has 1 aliphatic rings. The monoisotopic (exact) mass is 395 g/mol. The summed E-state index contributed by atoms with van der Waals surface area (Å²) in [5.74, 6) is 0.332. The van der Waals surface area contributed by atoms with E-state index in [0.717, 1.165) is 5.69 Å². The van der Waals surface area contributed by atoms with Gasteiger partial charge in [-0.25, -0.2) is 0 Å².